The lowest BCUT2D eigenvalue weighted by molar-refractivity contribution is 0.0603. The molecule has 0 saturated carbocycles. The predicted molar refractivity (Wildman–Crippen MR) is 137 cm³/mol. The van der Waals surface area contributed by atoms with Gasteiger partial charge in [-0.05, 0) is 11.6 Å². The van der Waals surface area contributed by atoms with Crippen LogP contribution in [-0.2, 0) is 19.7 Å². The Labute approximate surface area is 203 Å². The summed E-state index contributed by atoms with van der Waals surface area (Å²) in [4.78, 5) is 13.2. The summed E-state index contributed by atoms with van der Waals surface area (Å²) in [6.45, 7) is 26.6. The molecule has 0 radical (unpaired) electrons. The Morgan fingerprint density at radius 3 is 1.76 bits per heavy atom. The lowest BCUT2D eigenvalue weighted by atomic mass is 10.0. The highest BCUT2D eigenvalue weighted by molar-refractivity contribution is 6.76. The smallest absolute Gasteiger partial charge is 0.473 e. The van der Waals surface area contributed by atoms with Crippen LogP contribution in [0.3, 0.4) is 0 Å². The number of carbonyl (C=O) groups is 1. The van der Waals surface area contributed by atoms with E-state index in [-0.39, 0.29) is 32.2 Å². The fraction of sp³-hybridized carbons (Fsp3) is 0.731. The summed E-state index contributed by atoms with van der Waals surface area (Å²) in [5, 5.41) is -0.702. The first kappa shape index (κ1) is 26.4. The van der Waals surface area contributed by atoms with Crippen molar-refractivity contribution in [3.8, 4) is 5.75 Å². The van der Waals surface area contributed by atoms with Gasteiger partial charge >= 0.3 is 23.1 Å². The van der Waals surface area contributed by atoms with Crippen LogP contribution in [0.2, 0.25) is 20.2 Å². The molecule has 33 heavy (non-hydrogen) atoms. The number of hydrogen-bond donors (Lipinski definition) is 0. The van der Waals surface area contributed by atoms with E-state index in [0.717, 1.165) is 5.56 Å². The van der Waals surface area contributed by atoms with Crippen molar-refractivity contribution in [1.29, 1.82) is 0 Å². The van der Waals surface area contributed by atoms with Crippen LogP contribution in [0.5, 0.6) is 5.75 Å². The molecule has 0 spiro atoms. The van der Waals surface area contributed by atoms with Gasteiger partial charge in [-0.15, -0.1) is 0 Å². The third-order valence-corrected chi connectivity index (χ3v) is 17.1. The van der Waals surface area contributed by atoms with E-state index in [1.165, 1.54) is 0 Å². The number of hydrogen-bond acceptors (Lipinski definition) is 5. The van der Waals surface area contributed by atoms with Crippen LogP contribution in [0.15, 0.2) is 18.2 Å². The Hall–Kier alpha value is -1.16. The highest BCUT2D eigenvalue weighted by atomic mass is 28.4. The maximum Gasteiger partial charge on any atom is 0.473 e. The Morgan fingerprint density at radius 2 is 1.30 bits per heavy atom. The standard InChI is InChI=1S/C26H44O5Si2/c1-23(2,3)32(24(4,5)6)28-17-19(29-32)16-18-14-13-15-20-21(18)30-33(25(7,8)9,26(10,11)12)31-22(20)27/h13-15,19H,16-17H2,1-12H3. The third kappa shape index (κ3) is 4.23. The average Bonchev–Trinajstić information content (AvgIpc) is 3.05. The van der Waals surface area contributed by atoms with Gasteiger partial charge in [-0.2, -0.15) is 0 Å². The lowest BCUT2D eigenvalue weighted by Gasteiger charge is -2.50. The van der Waals surface area contributed by atoms with Gasteiger partial charge in [-0.3, -0.25) is 0 Å². The van der Waals surface area contributed by atoms with E-state index in [1.807, 2.05) is 6.07 Å². The molecule has 0 bridgehead atoms. The van der Waals surface area contributed by atoms with E-state index >= 15 is 0 Å². The summed E-state index contributed by atoms with van der Waals surface area (Å²) in [6, 6.07) is 5.77. The van der Waals surface area contributed by atoms with Gasteiger partial charge in [0, 0.05) is 26.6 Å². The first-order valence-corrected chi connectivity index (χ1v) is 15.8. The molecule has 0 N–H and O–H groups in total. The molecule has 2 aliphatic rings. The molecule has 2 aliphatic heterocycles. The van der Waals surface area contributed by atoms with Crippen molar-refractivity contribution >= 4 is 23.1 Å². The van der Waals surface area contributed by atoms with Gasteiger partial charge in [0.15, 0.2) is 0 Å². The largest absolute Gasteiger partial charge is 0.510 e. The van der Waals surface area contributed by atoms with E-state index < -0.39 is 17.1 Å². The number of rotatable bonds is 2. The minimum Gasteiger partial charge on any atom is -0.510 e. The number of benzene rings is 1. The molecule has 5 nitrogen and oxygen atoms in total. The first-order chi connectivity index (χ1) is 14.8. The van der Waals surface area contributed by atoms with Crippen molar-refractivity contribution in [2.75, 3.05) is 6.61 Å². The zero-order valence-electron chi connectivity index (χ0n) is 22.8. The van der Waals surface area contributed by atoms with Crippen molar-refractivity contribution in [3.05, 3.63) is 29.3 Å². The van der Waals surface area contributed by atoms with Gasteiger partial charge in [0.25, 0.3) is 0 Å². The molecule has 0 aliphatic carbocycles. The molecule has 2 heterocycles. The van der Waals surface area contributed by atoms with E-state index in [2.05, 4.69) is 89.2 Å². The van der Waals surface area contributed by atoms with Crippen LogP contribution in [-0.4, -0.2) is 35.8 Å². The lowest BCUT2D eigenvalue weighted by Crippen LogP contribution is -2.62. The molecule has 1 unspecified atom stereocenters. The van der Waals surface area contributed by atoms with Gasteiger partial charge in [0.2, 0.25) is 0 Å². The topological polar surface area (TPSA) is 54.0 Å². The molecule has 186 valence electrons. The van der Waals surface area contributed by atoms with Crippen molar-refractivity contribution in [1.82, 2.24) is 0 Å². The van der Waals surface area contributed by atoms with Crippen molar-refractivity contribution in [3.63, 3.8) is 0 Å². The van der Waals surface area contributed by atoms with Crippen molar-refractivity contribution < 1.29 is 22.5 Å². The van der Waals surface area contributed by atoms with Crippen LogP contribution in [0.25, 0.3) is 0 Å². The zero-order chi connectivity index (χ0) is 25.3. The SMILES string of the molecule is CC(C)(C)[Si]1(C(C)(C)C)OC(=O)c2cccc(CC3CO[Si](C(C)(C)C)(C(C)(C)C)O3)c2O1. The molecule has 1 saturated heterocycles. The Balaban J connectivity index is 2.00. The minimum absolute atomic E-state index is 0.0586. The zero-order valence-corrected chi connectivity index (χ0v) is 24.8. The van der Waals surface area contributed by atoms with E-state index in [0.29, 0.717) is 24.3 Å². The van der Waals surface area contributed by atoms with Crippen LogP contribution in [0.1, 0.15) is 99.0 Å². The van der Waals surface area contributed by atoms with E-state index in [1.54, 1.807) is 6.07 Å². The summed E-state index contributed by atoms with van der Waals surface area (Å²) < 4.78 is 26.5. The summed E-state index contributed by atoms with van der Waals surface area (Å²) in [5.74, 6) is 0.408. The van der Waals surface area contributed by atoms with Gasteiger partial charge in [0.1, 0.15) is 5.75 Å². The monoisotopic (exact) mass is 492 g/mol. The maximum absolute atomic E-state index is 13.2. The Kier molecular flexibility index (Phi) is 6.36. The molecule has 0 amide bonds. The highest BCUT2D eigenvalue weighted by Gasteiger charge is 2.65. The highest BCUT2D eigenvalue weighted by Crippen LogP contribution is 2.57. The number of para-hydroxylation sites is 1. The molecular formula is C26H44O5Si2. The normalized spacial score (nSPS) is 23.0. The van der Waals surface area contributed by atoms with Crippen LogP contribution in [0.4, 0.5) is 0 Å². The minimum atomic E-state index is -2.99. The maximum atomic E-state index is 13.2. The molecule has 1 aromatic carbocycles. The Morgan fingerprint density at radius 1 is 0.788 bits per heavy atom. The molecule has 1 fully saturated rings. The third-order valence-electron chi connectivity index (χ3n) is 7.00. The predicted octanol–water partition coefficient (Wildman–Crippen LogP) is 7.28. The molecule has 3 rings (SSSR count). The van der Waals surface area contributed by atoms with E-state index in [9.17, 15) is 4.79 Å². The second-order valence-electron chi connectivity index (χ2n) is 13.8. The van der Waals surface area contributed by atoms with Crippen LogP contribution < -0.4 is 4.43 Å². The van der Waals surface area contributed by atoms with Gasteiger partial charge in [0.05, 0.1) is 18.3 Å². The van der Waals surface area contributed by atoms with Gasteiger partial charge in [-0.1, -0.05) is 95.2 Å². The summed E-state index contributed by atoms with van der Waals surface area (Å²) in [6.07, 6.45) is 0.583. The van der Waals surface area contributed by atoms with Crippen molar-refractivity contribution in [2.24, 2.45) is 0 Å². The van der Waals surface area contributed by atoms with Crippen LogP contribution in [0, 0.1) is 0 Å². The van der Waals surface area contributed by atoms with Crippen molar-refractivity contribution in [2.45, 2.75) is 116 Å². The molecule has 1 atom stereocenters. The molecule has 0 aromatic heterocycles. The summed E-state index contributed by atoms with van der Waals surface area (Å²) >= 11 is 0. The number of fused-ring (bicyclic) bond motifs is 1. The van der Waals surface area contributed by atoms with Gasteiger partial charge in [-0.25, -0.2) is 4.79 Å². The number of carbonyl (C=O) groups excluding carboxylic acids is 1. The summed E-state index contributed by atoms with van der Waals surface area (Å²) in [7, 11) is -5.50. The average molecular weight is 493 g/mol. The Bertz CT molecular complexity index is 885. The molecule has 7 heteroatoms. The molecular weight excluding hydrogens is 448 g/mol. The van der Waals surface area contributed by atoms with Gasteiger partial charge < -0.3 is 17.7 Å². The second-order valence-corrected chi connectivity index (χ2v) is 23.2. The molecule has 1 aromatic rings. The fourth-order valence-electron chi connectivity index (χ4n) is 5.88. The van der Waals surface area contributed by atoms with E-state index in [4.69, 9.17) is 17.7 Å². The fourth-order valence-corrected chi connectivity index (χ4v) is 15.2. The summed E-state index contributed by atoms with van der Waals surface area (Å²) in [5.41, 5.74) is 1.51. The van der Waals surface area contributed by atoms with Crippen LogP contribution >= 0.6 is 0 Å². The second kappa shape index (κ2) is 7.93. The first-order valence-electron chi connectivity index (χ1n) is 12.1. The quantitative estimate of drug-likeness (QED) is 0.406.